The molecule has 1 N–H and O–H groups in total. The lowest BCUT2D eigenvalue weighted by molar-refractivity contribution is -0.137. The van der Waals surface area contributed by atoms with Crippen molar-refractivity contribution in [1.29, 1.82) is 5.41 Å². The summed E-state index contributed by atoms with van der Waals surface area (Å²) in [6, 6.07) is 4.75. The Morgan fingerprint density at radius 1 is 1.27 bits per heavy atom. The Balaban J connectivity index is 3.09. The van der Waals surface area contributed by atoms with E-state index in [9.17, 15) is 13.2 Å². The molecule has 15 heavy (non-hydrogen) atoms. The van der Waals surface area contributed by atoms with Crippen LogP contribution in [0.3, 0.4) is 0 Å². The molecule has 0 spiro atoms. The van der Waals surface area contributed by atoms with Crippen LogP contribution >= 0.6 is 0 Å². The van der Waals surface area contributed by atoms with Crippen LogP contribution in [0.2, 0.25) is 0 Å². The molecule has 0 fully saturated rings. The highest BCUT2D eigenvalue weighted by Crippen LogP contribution is 2.29. The minimum atomic E-state index is -4.36. The molecule has 0 bridgehead atoms. The van der Waals surface area contributed by atoms with E-state index in [0.29, 0.717) is 0 Å². The number of nitrogens with zero attached hydrogens (tertiary/aromatic N) is 1. The minimum Gasteiger partial charge on any atom is -0.363 e. The summed E-state index contributed by atoms with van der Waals surface area (Å²) in [7, 11) is 3.23. The number of benzene rings is 1. The van der Waals surface area contributed by atoms with Gasteiger partial charge >= 0.3 is 6.18 Å². The summed E-state index contributed by atoms with van der Waals surface area (Å²) >= 11 is 0. The molecule has 0 aliphatic rings. The van der Waals surface area contributed by atoms with Crippen LogP contribution in [0.25, 0.3) is 0 Å². The third-order valence-corrected chi connectivity index (χ3v) is 1.91. The van der Waals surface area contributed by atoms with Crippen LogP contribution in [-0.2, 0) is 6.18 Å². The van der Waals surface area contributed by atoms with Crippen molar-refractivity contribution in [3.05, 3.63) is 35.4 Å². The van der Waals surface area contributed by atoms with Crippen molar-refractivity contribution in [2.24, 2.45) is 0 Å². The molecule has 0 unspecified atom stereocenters. The van der Waals surface area contributed by atoms with Crippen molar-refractivity contribution in [3.63, 3.8) is 0 Å². The number of hydrogen-bond acceptors (Lipinski definition) is 1. The molecule has 0 amide bonds. The van der Waals surface area contributed by atoms with E-state index in [1.807, 2.05) is 0 Å². The summed E-state index contributed by atoms with van der Waals surface area (Å²) in [5, 5.41) is 7.54. The van der Waals surface area contributed by atoms with Crippen LogP contribution in [0.1, 0.15) is 11.1 Å². The first-order chi connectivity index (χ1) is 6.82. The van der Waals surface area contributed by atoms with Gasteiger partial charge < -0.3 is 4.90 Å². The lowest BCUT2D eigenvalue weighted by Gasteiger charge is -2.15. The number of halogens is 3. The van der Waals surface area contributed by atoms with E-state index in [2.05, 4.69) is 0 Å². The van der Waals surface area contributed by atoms with Gasteiger partial charge in [0.15, 0.2) is 0 Å². The Kier molecular flexibility index (Phi) is 3.02. The normalized spacial score (nSPS) is 11.3. The lowest BCUT2D eigenvalue weighted by atomic mass is 10.1. The van der Waals surface area contributed by atoms with E-state index in [1.165, 1.54) is 17.0 Å². The van der Waals surface area contributed by atoms with E-state index in [-0.39, 0.29) is 11.4 Å². The summed E-state index contributed by atoms with van der Waals surface area (Å²) in [5.41, 5.74) is -0.471. The molecule has 0 atom stereocenters. The molecular weight excluding hydrogens is 205 g/mol. The van der Waals surface area contributed by atoms with Gasteiger partial charge in [-0.1, -0.05) is 12.1 Å². The summed E-state index contributed by atoms with van der Waals surface area (Å²) in [4.78, 5) is 1.45. The average molecular weight is 216 g/mol. The van der Waals surface area contributed by atoms with Crippen LogP contribution < -0.4 is 0 Å². The molecular formula is C10H11F3N2. The molecule has 0 aromatic heterocycles. The van der Waals surface area contributed by atoms with E-state index in [4.69, 9.17) is 5.41 Å². The van der Waals surface area contributed by atoms with Gasteiger partial charge in [0.2, 0.25) is 0 Å². The van der Waals surface area contributed by atoms with Crippen molar-refractivity contribution in [2.45, 2.75) is 6.18 Å². The van der Waals surface area contributed by atoms with Gasteiger partial charge in [0.1, 0.15) is 5.84 Å². The minimum absolute atomic E-state index is 0.0566. The van der Waals surface area contributed by atoms with Gasteiger partial charge in [-0.3, -0.25) is 5.41 Å². The predicted octanol–water partition coefficient (Wildman–Crippen LogP) is 2.59. The van der Waals surface area contributed by atoms with Crippen LogP contribution in [0.5, 0.6) is 0 Å². The topological polar surface area (TPSA) is 27.1 Å². The Hall–Kier alpha value is -1.52. The van der Waals surface area contributed by atoms with Crippen molar-refractivity contribution in [3.8, 4) is 0 Å². The van der Waals surface area contributed by atoms with Gasteiger partial charge in [-0.2, -0.15) is 13.2 Å². The number of rotatable bonds is 1. The zero-order valence-electron chi connectivity index (χ0n) is 8.39. The van der Waals surface area contributed by atoms with E-state index in [0.717, 1.165) is 12.1 Å². The first kappa shape index (κ1) is 11.6. The predicted molar refractivity (Wildman–Crippen MR) is 52.0 cm³/mol. The maximum atomic E-state index is 12.3. The van der Waals surface area contributed by atoms with E-state index in [1.54, 1.807) is 14.1 Å². The number of hydrogen-bond donors (Lipinski definition) is 1. The van der Waals surface area contributed by atoms with Crippen LogP contribution in [0.4, 0.5) is 13.2 Å². The molecule has 2 nitrogen and oxygen atoms in total. The third kappa shape index (κ3) is 2.71. The van der Waals surface area contributed by atoms with Crippen molar-refractivity contribution in [1.82, 2.24) is 4.90 Å². The fraction of sp³-hybridized carbons (Fsp3) is 0.300. The van der Waals surface area contributed by atoms with Crippen molar-refractivity contribution >= 4 is 5.84 Å². The highest BCUT2D eigenvalue weighted by molar-refractivity contribution is 5.96. The summed E-state index contributed by atoms with van der Waals surface area (Å²) in [6.45, 7) is 0. The van der Waals surface area contributed by atoms with Gasteiger partial charge in [-0.15, -0.1) is 0 Å². The summed E-state index contributed by atoms with van der Waals surface area (Å²) in [5.74, 6) is 0.0566. The SMILES string of the molecule is CN(C)C(=N)c1cccc(C(F)(F)F)c1. The van der Waals surface area contributed by atoms with E-state index < -0.39 is 11.7 Å². The largest absolute Gasteiger partial charge is 0.416 e. The molecule has 0 heterocycles. The van der Waals surface area contributed by atoms with Gasteiger partial charge in [0.25, 0.3) is 0 Å². The lowest BCUT2D eigenvalue weighted by Crippen LogP contribution is -2.22. The van der Waals surface area contributed by atoms with Crippen molar-refractivity contribution < 1.29 is 13.2 Å². The molecule has 0 saturated heterocycles. The van der Waals surface area contributed by atoms with Crippen LogP contribution in [0, 0.1) is 5.41 Å². The second kappa shape index (κ2) is 3.92. The maximum Gasteiger partial charge on any atom is 0.416 e. The summed E-state index contributed by atoms with van der Waals surface area (Å²) in [6.07, 6.45) is -4.36. The number of amidine groups is 1. The standard InChI is InChI=1S/C10H11F3N2/c1-15(2)9(14)7-4-3-5-8(6-7)10(11,12)13/h3-6,14H,1-2H3. The van der Waals surface area contributed by atoms with Gasteiger partial charge in [0.05, 0.1) is 5.56 Å². The number of nitrogens with one attached hydrogen (secondary N) is 1. The Bertz CT molecular complexity index is 369. The molecule has 0 aliphatic heterocycles. The molecule has 82 valence electrons. The van der Waals surface area contributed by atoms with Gasteiger partial charge in [0, 0.05) is 19.7 Å². The van der Waals surface area contributed by atoms with E-state index >= 15 is 0 Å². The first-order valence-corrected chi connectivity index (χ1v) is 4.26. The monoisotopic (exact) mass is 216 g/mol. The molecule has 0 radical (unpaired) electrons. The Labute approximate surface area is 85.8 Å². The van der Waals surface area contributed by atoms with Crippen molar-refractivity contribution in [2.75, 3.05) is 14.1 Å². The first-order valence-electron chi connectivity index (χ1n) is 4.26. The van der Waals surface area contributed by atoms with Crippen LogP contribution in [-0.4, -0.2) is 24.8 Å². The van der Waals surface area contributed by atoms with Gasteiger partial charge in [-0.05, 0) is 12.1 Å². The smallest absolute Gasteiger partial charge is 0.363 e. The Morgan fingerprint density at radius 3 is 2.33 bits per heavy atom. The number of alkyl halides is 3. The molecule has 5 heteroatoms. The van der Waals surface area contributed by atoms with Crippen LogP contribution in [0.15, 0.2) is 24.3 Å². The highest BCUT2D eigenvalue weighted by atomic mass is 19.4. The molecule has 1 aromatic carbocycles. The molecule has 0 aliphatic carbocycles. The quantitative estimate of drug-likeness (QED) is 0.567. The third-order valence-electron chi connectivity index (χ3n) is 1.91. The summed E-state index contributed by atoms with van der Waals surface area (Å²) < 4.78 is 37.0. The fourth-order valence-corrected chi connectivity index (χ4v) is 1.10. The second-order valence-corrected chi connectivity index (χ2v) is 3.32. The average Bonchev–Trinajstić information content (AvgIpc) is 2.15. The zero-order chi connectivity index (χ0) is 11.6. The molecule has 1 rings (SSSR count). The molecule has 1 aromatic rings. The second-order valence-electron chi connectivity index (χ2n) is 3.32. The highest BCUT2D eigenvalue weighted by Gasteiger charge is 2.30. The molecule has 0 saturated carbocycles. The Morgan fingerprint density at radius 2 is 1.87 bits per heavy atom. The maximum absolute atomic E-state index is 12.3. The van der Waals surface area contributed by atoms with Gasteiger partial charge in [-0.25, -0.2) is 0 Å². The zero-order valence-corrected chi connectivity index (χ0v) is 8.39. The fourth-order valence-electron chi connectivity index (χ4n) is 1.10.